The number of fused-ring (bicyclic) bond motifs is 1. The molecule has 5 heteroatoms. The summed E-state index contributed by atoms with van der Waals surface area (Å²) in [7, 11) is 1.79. The van der Waals surface area contributed by atoms with Crippen molar-refractivity contribution < 1.29 is 4.74 Å². The second-order valence-corrected chi connectivity index (χ2v) is 5.46. The van der Waals surface area contributed by atoms with Gasteiger partial charge >= 0.3 is 0 Å². The van der Waals surface area contributed by atoms with Crippen molar-refractivity contribution >= 4 is 11.8 Å². The van der Waals surface area contributed by atoms with E-state index in [-0.39, 0.29) is 0 Å². The number of aromatic nitrogens is 2. The Labute approximate surface area is 114 Å². The van der Waals surface area contributed by atoms with E-state index in [1.165, 1.54) is 24.1 Å². The van der Waals surface area contributed by atoms with Gasteiger partial charge in [0.05, 0.1) is 11.8 Å². The van der Waals surface area contributed by atoms with Crippen molar-refractivity contribution in [2.45, 2.75) is 44.6 Å². The van der Waals surface area contributed by atoms with Crippen LogP contribution in [0.5, 0.6) is 0 Å². The number of piperidine rings is 1. The van der Waals surface area contributed by atoms with Gasteiger partial charge in [0, 0.05) is 25.8 Å². The molecule has 3 rings (SSSR count). The predicted molar refractivity (Wildman–Crippen MR) is 75.3 cm³/mol. The zero-order valence-electron chi connectivity index (χ0n) is 11.6. The van der Waals surface area contributed by atoms with Crippen LogP contribution in [0.2, 0.25) is 0 Å². The molecule has 0 spiro atoms. The molecule has 1 aromatic rings. The van der Waals surface area contributed by atoms with Gasteiger partial charge in [0.1, 0.15) is 5.82 Å². The Morgan fingerprint density at radius 3 is 2.63 bits per heavy atom. The fraction of sp³-hybridized carbons (Fsp3) is 0.714. The van der Waals surface area contributed by atoms with Gasteiger partial charge in [-0.2, -0.15) is 4.98 Å². The Kier molecular flexibility index (Phi) is 3.55. The van der Waals surface area contributed by atoms with Crippen LogP contribution < -0.4 is 10.6 Å². The quantitative estimate of drug-likeness (QED) is 0.876. The van der Waals surface area contributed by atoms with E-state index in [0.717, 1.165) is 44.7 Å². The minimum atomic E-state index is 0.381. The molecule has 1 aromatic heterocycles. The summed E-state index contributed by atoms with van der Waals surface area (Å²) in [5, 5.41) is 0. The fourth-order valence-corrected chi connectivity index (χ4v) is 3.04. The molecule has 1 aliphatic carbocycles. The maximum Gasteiger partial charge on any atom is 0.227 e. The van der Waals surface area contributed by atoms with Gasteiger partial charge in [0.2, 0.25) is 5.95 Å². The molecule has 5 nitrogen and oxygen atoms in total. The van der Waals surface area contributed by atoms with Gasteiger partial charge in [-0.3, -0.25) is 0 Å². The third kappa shape index (κ3) is 2.52. The van der Waals surface area contributed by atoms with E-state index in [2.05, 4.69) is 9.88 Å². The molecule has 0 saturated carbocycles. The molecule has 0 atom stereocenters. The van der Waals surface area contributed by atoms with Crippen LogP contribution in [0.3, 0.4) is 0 Å². The van der Waals surface area contributed by atoms with Gasteiger partial charge in [-0.1, -0.05) is 0 Å². The number of nitrogens with zero attached hydrogens (tertiary/aromatic N) is 3. The highest BCUT2D eigenvalue weighted by Gasteiger charge is 2.23. The van der Waals surface area contributed by atoms with Crippen molar-refractivity contribution in [2.24, 2.45) is 0 Å². The van der Waals surface area contributed by atoms with E-state index in [1.807, 2.05) is 0 Å². The first-order chi connectivity index (χ1) is 9.28. The molecular weight excluding hydrogens is 240 g/mol. The molecule has 0 unspecified atom stereocenters. The van der Waals surface area contributed by atoms with Gasteiger partial charge in [-0.25, -0.2) is 4.98 Å². The Balaban J connectivity index is 1.80. The largest absolute Gasteiger partial charge is 0.383 e. The van der Waals surface area contributed by atoms with Crippen molar-refractivity contribution in [3.8, 4) is 0 Å². The number of nitrogens with two attached hydrogens (primary N) is 1. The molecule has 0 amide bonds. The number of rotatable bonds is 2. The lowest BCUT2D eigenvalue weighted by Crippen LogP contribution is -2.38. The maximum atomic E-state index is 6.10. The predicted octanol–water partition coefficient (Wildman–Crippen LogP) is 1.55. The van der Waals surface area contributed by atoms with E-state index in [0.29, 0.717) is 11.9 Å². The van der Waals surface area contributed by atoms with Crippen LogP contribution in [-0.2, 0) is 17.6 Å². The lowest BCUT2D eigenvalue weighted by Gasteiger charge is -2.32. The first-order valence-electron chi connectivity index (χ1n) is 7.21. The normalized spacial score (nSPS) is 20.4. The zero-order chi connectivity index (χ0) is 13.2. The first kappa shape index (κ1) is 12.7. The van der Waals surface area contributed by atoms with Crippen LogP contribution in [0.15, 0.2) is 0 Å². The topological polar surface area (TPSA) is 64.3 Å². The number of nitrogen functional groups attached to an aromatic ring is 1. The molecule has 1 aliphatic heterocycles. The summed E-state index contributed by atoms with van der Waals surface area (Å²) in [5.41, 5.74) is 8.45. The number of hydrogen-bond donors (Lipinski definition) is 1. The van der Waals surface area contributed by atoms with Gasteiger partial charge in [-0.05, 0) is 38.5 Å². The SMILES string of the molecule is COC1CCN(c2nc(N)c3c(n2)CCCC3)CC1. The first-order valence-corrected chi connectivity index (χ1v) is 7.21. The highest BCUT2D eigenvalue weighted by Crippen LogP contribution is 2.27. The lowest BCUT2D eigenvalue weighted by atomic mass is 9.96. The summed E-state index contributed by atoms with van der Waals surface area (Å²) in [5.74, 6) is 1.50. The van der Waals surface area contributed by atoms with Crippen molar-refractivity contribution in [1.29, 1.82) is 0 Å². The third-order valence-electron chi connectivity index (χ3n) is 4.26. The molecule has 2 aliphatic rings. The van der Waals surface area contributed by atoms with Crippen molar-refractivity contribution in [2.75, 3.05) is 30.8 Å². The van der Waals surface area contributed by atoms with Crippen LogP contribution in [0.25, 0.3) is 0 Å². The Morgan fingerprint density at radius 2 is 1.89 bits per heavy atom. The molecule has 0 aromatic carbocycles. The summed E-state index contributed by atoms with van der Waals surface area (Å²) in [6, 6.07) is 0. The molecule has 0 bridgehead atoms. The second kappa shape index (κ2) is 5.33. The number of ether oxygens (including phenoxy) is 1. The average Bonchev–Trinajstić information content (AvgIpc) is 2.47. The average molecular weight is 262 g/mol. The molecular formula is C14H22N4O. The highest BCUT2D eigenvalue weighted by atomic mass is 16.5. The number of anilines is 2. The van der Waals surface area contributed by atoms with Crippen LogP contribution in [0.1, 0.15) is 36.9 Å². The summed E-state index contributed by atoms with van der Waals surface area (Å²) in [6.45, 7) is 1.91. The Morgan fingerprint density at radius 1 is 1.16 bits per heavy atom. The van der Waals surface area contributed by atoms with Crippen LogP contribution in [0.4, 0.5) is 11.8 Å². The molecule has 104 valence electrons. The monoisotopic (exact) mass is 262 g/mol. The zero-order valence-corrected chi connectivity index (χ0v) is 11.6. The van der Waals surface area contributed by atoms with Crippen LogP contribution in [0, 0.1) is 0 Å². The molecule has 2 N–H and O–H groups in total. The van der Waals surface area contributed by atoms with Crippen molar-refractivity contribution in [3.05, 3.63) is 11.3 Å². The van der Waals surface area contributed by atoms with Gasteiger partial charge in [0.25, 0.3) is 0 Å². The summed E-state index contributed by atoms with van der Waals surface area (Å²) >= 11 is 0. The van der Waals surface area contributed by atoms with Gasteiger partial charge in [-0.15, -0.1) is 0 Å². The van der Waals surface area contributed by atoms with E-state index >= 15 is 0 Å². The maximum absolute atomic E-state index is 6.10. The summed E-state index contributed by atoms with van der Waals surface area (Å²) < 4.78 is 5.40. The number of methoxy groups -OCH3 is 1. The summed E-state index contributed by atoms with van der Waals surface area (Å²) in [6.07, 6.45) is 6.96. The minimum absolute atomic E-state index is 0.381. The Bertz CT molecular complexity index is 455. The van der Waals surface area contributed by atoms with E-state index < -0.39 is 0 Å². The number of aryl methyl sites for hydroxylation is 1. The van der Waals surface area contributed by atoms with Gasteiger partial charge < -0.3 is 15.4 Å². The van der Waals surface area contributed by atoms with Crippen LogP contribution in [-0.4, -0.2) is 36.3 Å². The van der Waals surface area contributed by atoms with Crippen molar-refractivity contribution in [1.82, 2.24) is 9.97 Å². The number of hydrogen-bond acceptors (Lipinski definition) is 5. The van der Waals surface area contributed by atoms with Crippen molar-refractivity contribution in [3.63, 3.8) is 0 Å². The molecule has 0 radical (unpaired) electrons. The Hall–Kier alpha value is -1.36. The molecule has 2 heterocycles. The van der Waals surface area contributed by atoms with E-state index in [1.54, 1.807) is 7.11 Å². The molecule has 1 fully saturated rings. The minimum Gasteiger partial charge on any atom is -0.383 e. The third-order valence-corrected chi connectivity index (χ3v) is 4.26. The fourth-order valence-electron chi connectivity index (χ4n) is 3.04. The smallest absolute Gasteiger partial charge is 0.227 e. The molecule has 1 saturated heterocycles. The van der Waals surface area contributed by atoms with E-state index in [9.17, 15) is 0 Å². The summed E-state index contributed by atoms with van der Waals surface area (Å²) in [4.78, 5) is 11.5. The highest BCUT2D eigenvalue weighted by molar-refractivity contribution is 5.49. The van der Waals surface area contributed by atoms with E-state index in [4.69, 9.17) is 15.5 Å². The standard InChI is InChI=1S/C14H22N4O/c1-19-10-6-8-18(9-7-10)14-16-12-5-3-2-4-11(12)13(15)17-14/h10H,2-9H2,1H3,(H2,15,16,17). The second-order valence-electron chi connectivity index (χ2n) is 5.46. The van der Waals surface area contributed by atoms with Crippen LogP contribution >= 0.6 is 0 Å². The lowest BCUT2D eigenvalue weighted by molar-refractivity contribution is 0.0816. The molecule has 19 heavy (non-hydrogen) atoms. The van der Waals surface area contributed by atoms with Gasteiger partial charge in [0.15, 0.2) is 0 Å².